The minimum Gasteiger partial charge on any atom is -0.480 e. The smallest absolute Gasteiger partial charge is 0.433 e. The fraction of sp³-hybridized carbons (Fsp3) is 0.273. The molecule has 0 bridgehead atoms. The molecule has 2 aromatic carbocycles. The monoisotopic (exact) mass is 728 g/mol. The Morgan fingerprint density at radius 1 is 1.00 bits per heavy atom. The first-order chi connectivity index (χ1) is 23.8. The summed E-state index contributed by atoms with van der Waals surface area (Å²) in [6.45, 7) is 0.918. The lowest BCUT2D eigenvalue weighted by Crippen LogP contribution is -2.37. The second-order valence-corrected chi connectivity index (χ2v) is 12.3. The van der Waals surface area contributed by atoms with Crippen LogP contribution in [0.2, 0.25) is 10.0 Å². The van der Waals surface area contributed by atoms with Gasteiger partial charge in [-0.25, -0.2) is 14.8 Å². The van der Waals surface area contributed by atoms with Crippen LogP contribution in [-0.2, 0) is 31.6 Å². The van der Waals surface area contributed by atoms with Crippen molar-refractivity contribution in [1.29, 1.82) is 0 Å². The topological polar surface area (TPSA) is 145 Å². The highest BCUT2D eigenvalue weighted by atomic mass is 35.5. The molecule has 4 heterocycles. The Morgan fingerprint density at radius 3 is 2.38 bits per heavy atom. The molecule has 0 unspecified atom stereocenters. The lowest BCUT2D eigenvalue weighted by Gasteiger charge is -2.17. The minimum atomic E-state index is -4.88. The molecule has 1 fully saturated rings. The van der Waals surface area contributed by atoms with Crippen molar-refractivity contribution in [1.82, 2.24) is 34.7 Å². The number of nitrogens with one attached hydrogen (secondary N) is 3. The molecule has 1 amide bonds. The number of pyridine rings is 1. The minimum absolute atomic E-state index is 0.0319. The molecule has 0 radical (unpaired) electrons. The molecule has 1 saturated heterocycles. The Morgan fingerprint density at radius 2 is 1.70 bits per heavy atom. The highest BCUT2D eigenvalue weighted by molar-refractivity contribution is 6.39. The number of carbonyl (C=O) groups is 1. The number of alkyl halides is 3. The van der Waals surface area contributed by atoms with Gasteiger partial charge in [0.15, 0.2) is 0 Å². The molecule has 0 aliphatic carbocycles. The normalized spacial score (nSPS) is 14.6. The molecule has 6 rings (SSSR count). The first-order valence-corrected chi connectivity index (χ1v) is 16.0. The van der Waals surface area contributed by atoms with E-state index < -0.39 is 28.9 Å². The van der Waals surface area contributed by atoms with E-state index in [4.69, 9.17) is 27.9 Å². The second-order valence-electron chi connectivity index (χ2n) is 11.6. The standard InChI is InChI=1S/C33H29Cl2F3N8O4/c1-45-23-12-24(33(36,37)38)44-29(26(23)31(48)46(2)32(45)49)42-20-9-5-7-18(28(20)35)17-6-4-8-19(27(17)34)21-15-40-22(30(43-21)50-3)14-39-13-16-10-11-25(47)41-16/h4-9,12,15-16,39H,10-11,13-14H2,1-3H3,(H,41,47)(H,42,44)/t16-/m1/s1. The van der Waals surface area contributed by atoms with Crippen LogP contribution < -0.4 is 31.9 Å². The number of aryl methyl sites for hydroxylation is 1. The summed E-state index contributed by atoms with van der Waals surface area (Å²) >= 11 is 13.8. The molecule has 17 heteroatoms. The van der Waals surface area contributed by atoms with E-state index in [9.17, 15) is 27.6 Å². The molecule has 50 heavy (non-hydrogen) atoms. The summed E-state index contributed by atoms with van der Waals surface area (Å²) in [6, 6.07) is 10.7. The molecular formula is C33H29Cl2F3N8O4. The van der Waals surface area contributed by atoms with Crippen molar-refractivity contribution in [3.05, 3.63) is 90.9 Å². The summed E-state index contributed by atoms with van der Waals surface area (Å²) in [5.74, 6) is -0.125. The number of fused-ring (bicyclic) bond motifs is 1. The fourth-order valence-electron chi connectivity index (χ4n) is 5.73. The van der Waals surface area contributed by atoms with Gasteiger partial charge in [-0.1, -0.05) is 53.5 Å². The van der Waals surface area contributed by atoms with Gasteiger partial charge in [-0.3, -0.25) is 23.7 Å². The number of hydrogen-bond donors (Lipinski definition) is 3. The average molecular weight is 730 g/mol. The van der Waals surface area contributed by atoms with Crippen LogP contribution >= 0.6 is 23.2 Å². The molecule has 5 aromatic rings. The van der Waals surface area contributed by atoms with Crippen LogP contribution in [0.5, 0.6) is 5.88 Å². The molecule has 1 aliphatic rings. The van der Waals surface area contributed by atoms with Gasteiger partial charge >= 0.3 is 11.9 Å². The van der Waals surface area contributed by atoms with Gasteiger partial charge in [0, 0.05) is 56.3 Å². The van der Waals surface area contributed by atoms with Crippen LogP contribution in [0.4, 0.5) is 24.7 Å². The third-order valence-corrected chi connectivity index (χ3v) is 9.15. The van der Waals surface area contributed by atoms with Crippen molar-refractivity contribution in [2.45, 2.75) is 31.6 Å². The van der Waals surface area contributed by atoms with E-state index in [1.165, 1.54) is 27.3 Å². The van der Waals surface area contributed by atoms with Gasteiger partial charge in [-0.2, -0.15) is 13.2 Å². The SMILES string of the molecule is COc1nc(-c2cccc(-c3cccc(Nc4nc(C(F)(F)F)cc5c4c(=O)n(C)c(=O)n5C)c3Cl)c2Cl)cnc1CNC[C@H]1CCC(=O)N1. The van der Waals surface area contributed by atoms with Gasteiger partial charge in [-0.05, 0) is 18.6 Å². The van der Waals surface area contributed by atoms with Crippen LogP contribution in [0.15, 0.2) is 58.3 Å². The summed E-state index contributed by atoms with van der Waals surface area (Å²) in [6.07, 6.45) is -2.06. The number of methoxy groups -OCH3 is 1. The van der Waals surface area contributed by atoms with E-state index in [2.05, 4.69) is 30.9 Å². The number of halogens is 5. The highest BCUT2D eigenvalue weighted by Crippen LogP contribution is 2.42. The predicted octanol–water partition coefficient (Wildman–Crippen LogP) is 5.20. The van der Waals surface area contributed by atoms with Gasteiger partial charge in [-0.15, -0.1) is 0 Å². The van der Waals surface area contributed by atoms with Crippen molar-refractivity contribution < 1.29 is 22.7 Å². The first kappa shape index (κ1) is 34.9. The van der Waals surface area contributed by atoms with E-state index in [1.807, 2.05) is 0 Å². The predicted molar refractivity (Wildman–Crippen MR) is 183 cm³/mol. The molecule has 3 aromatic heterocycles. The van der Waals surface area contributed by atoms with Crippen molar-refractivity contribution >= 4 is 51.5 Å². The molecule has 12 nitrogen and oxygen atoms in total. The molecule has 1 atom stereocenters. The van der Waals surface area contributed by atoms with Gasteiger partial charge in [0.2, 0.25) is 11.8 Å². The zero-order chi connectivity index (χ0) is 35.9. The Balaban J connectivity index is 1.34. The lowest BCUT2D eigenvalue weighted by molar-refractivity contribution is -0.141. The number of amides is 1. The Hall–Kier alpha value is -4.99. The zero-order valence-electron chi connectivity index (χ0n) is 26.8. The number of rotatable bonds is 9. The van der Waals surface area contributed by atoms with Crippen LogP contribution in [-0.4, -0.2) is 49.7 Å². The van der Waals surface area contributed by atoms with Gasteiger partial charge < -0.3 is 20.7 Å². The number of benzene rings is 2. The lowest BCUT2D eigenvalue weighted by atomic mass is 10.0. The van der Waals surface area contributed by atoms with Gasteiger partial charge in [0.1, 0.15) is 22.6 Å². The third-order valence-electron chi connectivity index (χ3n) is 8.33. The van der Waals surface area contributed by atoms with Gasteiger partial charge in [0.25, 0.3) is 5.56 Å². The zero-order valence-corrected chi connectivity index (χ0v) is 28.3. The van der Waals surface area contributed by atoms with Crippen molar-refractivity contribution in [2.24, 2.45) is 14.1 Å². The largest absolute Gasteiger partial charge is 0.480 e. The van der Waals surface area contributed by atoms with E-state index >= 15 is 0 Å². The summed E-state index contributed by atoms with van der Waals surface area (Å²) in [5, 5.41) is 9.06. The molecule has 260 valence electrons. The van der Waals surface area contributed by atoms with Crippen LogP contribution in [0.1, 0.15) is 24.2 Å². The molecular weight excluding hydrogens is 700 g/mol. The highest BCUT2D eigenvalue weighted by Gasteiger charge is 2.34. The Labute approximate surface area is 292 Å². The number of nitrogens with zero attached hydrogens (tertiary/aromatic N) is 5. The fourth-order valence-corrected chi connectivity index (χ4v) is 6.33. The van der Waals surface area contributed by atoms with E-state index in [-0.39, 0.29) is 44.5 Å². The Kier molecular flexibility index (Phi) is 9.57. The van der Waals surface area contributed by atoms with E-state index in [0.29, 0.717) is 53.7 Å². The molecule has 1 aliphatic heterocycles. The van der Waals surface area contributed by atoms with Gasteiger partial charge in [0.05, 0.1) is 40.2 Å². The summed E-state index contributed by atoms with van der Waals surface area (Å²) < 4.78 is 48.9. The summed E-state index contributed by atoms with van der Waals surface area (Å²) in [5.41, 5.74) is -0.707. The maximum Gasteiger partial charge on any atom is 0.433 e. The summed E-state index contributed by atoms with van der Waals surface area (Å²) in [7, 11) is 3.96. The molecule has 3 N–H and O–H groups in total. The van der Waals surface area contributed by atoms with E-state index in [1.54, 1.807) is 36.5 Å². The summed E-state index contributed by atoms with van der Waals surface area (Å²) in [4.78, 5) is 50.0. The number of hydrogen-bond acceptors (Lipinski definition) is 9. The third kappa shape index (κ3) is 6.63. The van der Waals surface area contributed by atoms with Crippen molar-refractivity contribution in [2.75, 3.05) is 19.0 Å². The van der Waals surface area contributed by atoms with Crippen LogP contribution in [0.3, 0.4) is 0 Å². The second kappa shape index (κ2) is 13.7. The van der Waals surface area contributed by atoms with E-state index in [0.717, 1.165) is 15.6 Å². The maximum atomic E-state index is 13.9. The number of aromatic nitrogens is 5. The van der Waals surface area contributed by atoms with Crippen molar-refractivity contribution in [3.63, 3.8) is 0 Å². The number of carbonyl (C=O) groups excluding carboxylic acids is 1. The van der Waals surface area contributed by atoms with Crippen LogP contribution in [0.25, 0.3) is 33.3 Å². The first-order valence-electron chi connectivity index (χ1n) is 15.2. The van der Waals surface area contributed by atoms with Crippen molar-refractivity contribution in [3.8, 4) is 28.3 Å². The average Bonchev–Trinajstić information content (AvgIpc) is 3.51. The molecule has 0 saturated carbocycles. The maximum absolute atomic E-state index is 13.9. The van der Waals surface area contributed by atoms with Crippen LogP contribution in [0, 0.1) is 0 Å². The molecule has 0 spiro atoms. The quantitative estimate of drug-likeness (QED) is 0.187. The number of ether oxygens (including phenoxy) is 1. The number of anilines is 2. The Bertz CT molecular complexity index is 2280.